The van der Waals surface area contributed by atoms with Gasteiger partial charge in [-0.05, 0) is 35.4 Å². The Morgan fingerprint density at radius 1 is 0.857 bits per heavy atom. The summed E-state index contributed by atoms with van der Waals surface area (Å²) in [6.45, 7) is 0.157. The standard InChI is InChI=1S/C21H21N3O3S/c25-21(23-15-18-11-13-22-14-12-18)17-24(16-19-7-3-1-4-8-19)28(26,27)20-9-5-2-6-10-20/h1-14H,15-17H2,(H,23,25). The maximum Gasteiger partial charge on any atom is 0.243 e. The number of benzene rings is 2. The number of hydrogen-bond donors (Lipinski definition) is 1. The zero-order valence-corrected chi connectivity index (χ0v) is 16.0. The van der Waals surface area contributed by atoms with Crippen LogP contribution in [-0.2, 0) is 27.9 Å². The summed E-state index contributed by atoms with van der Waals surface area (Å²) in [6, 6.07) is 20.9. The molecule has 0 unspecified atom stereocenters. The molecule has 0 aliphatic rings. The van der Waals surface area contributed by atoms with Crippen LogP contribution in [0.1, 0.15) is 11.1 Å². The zero-order valence-electron chi connectivity index (χ0n) is 15.2. The van der Waals surface area contributed by atoms with E-state index in [1.54, 1.807) is 42.7 Å². The molecule has 0 radical (unpaired) electrons. The number of amides is 1. The fraction of sp³-hybridized carbons (Fsp3) is 0.143. The molecule has 2 aromatic carbocycles. The van der Waals surface area contributed by atoms with Crippen LogP contribution in [0.5, 0.6) is 0 Å². The number of hydrogen-bond acceptors (Lipinski definition) is 4. The van der Waals surface area contributed by atoms with Gasteiger partial charge in [-0.25, -0.2) is 8.42 Å². The normalized spacial score (nSPS) is 11.3. The Morgan fingerprint density at radius 2 is 1.46 bits per heavy atom. The summed E-state index contributed by atoms with van der Waals surface area (Å²) in [5.41, 5.74) is 1.70. The Bertz CT molecular complexity index is 995. The van der Waals surface area contributed by atoms with E-state index in [-0.39, 0.29) is 23.9 Å². The SMILES string of the molecule is O=C(CN(Cc1ccccc1)S(=O)(=O)c1ccccc1)NCc1ccncc1. The van der Waals surface area contributed by atoms with Crippen molar-refractivity contribution in [1.29, 1.82) is 0 Å². The molecule has 0 aliphatic heterocycles. The van der Waals surface area contributed by atoms with Crippen LogP contribution in [-0.4, -0.2) is 30.2 Å². The van der Waals surface area contributed by atoms with E-state index in [0.29, 0.717) is 6.54 Å². The highest BCUT2D eigenvalue weighted by Crippen LogP contribution is 2.18. The van der Waals surface area contributed by atoms with Crippen LogP contribution in [0.25, 0.3) is 0 Å². The maximum atomic E-state index is 13.1. The Morgan fingerprint density at radius 3 is 2.11 bits per heavy atom. The smallest absolute Gasteiger partial charge is 0.243 e. The molecule has 28 heavy (non-hydrogen) atoms. The first-order valence-electron chi connectivity index (χ1n) is 8.80. The lowest BCUT2D eigenvalue weighted by atomic mass is 10.2. The lowest BCUT2D eigenvalue weighted by molar-refractivity contribution is -0.121. The minimum atomic E-state index is -3.81. The van der Waals surface area contributed by atoms with Crippen molar-refractivity contribution in [2.24, 2.45) is 0 Å². The number of pyridine rings is 1. The van der Waals surface area contributed by atoms with Crippen molar-refractivity contribution >= 4 is 15.9 Å². The highest BCUT2D eigenvalue weighted by atomic mass is 32.2. The van der Waals surface area contributed by atoms with Crippen molar-refractivity contribution in [1.82, 2.24) is 14.6 Å². The van der Waals surface area contributed by atoms with Gasteiger partial charge in [0.15, 0.2) is 0 Å². The van der Waals surface area contributed by atoms with Crippen LogP contribution in [0.3, 0.4) is 0 Å². The Hall–Kier alpha value is -3.03. The summed E-state index contributed by atoms with van der Waals surface area (Å²) in [4.78, 5) is 16.6. The van der Waals surface area contributed by atoms with Gasteiger partial charge >= 0.3 is 0 Å². The van der Waals surface area contributed by atoms with Gasteiger partial charge in [-0.1, -0.05) is 48.5 Å². The van der Waals surface area contributed by atoms with E-state index in [1.165, 1.54) is 16.4 Å². The number of carbonyl (C=O) groups excluding carboxylic acids is 1. The van der Waals surface area contributed by atoms with Gasteiger partial charge in [0.05, 0.1) is 11.4 Å². The molecule has 3 rings (SSSR count). The monoisotopic (exact) mass is 395 g/mol. The molecule has 144 valence electrons. The Balaban J connectivity index is 1.77. The van der Waals surface area contributed by atoms with Gasteiger partial charge in [-0.3, -0.25) is 9.78 Å². The van der Waals surface area contributed by atoms with Crippen LogP contribution in [0, 0.1) is 0 Å². The second-order valence-corrected chi connectivity index (χ2v) is 8.14. The summed E-state index contributed by atoms with van der Waals surface area (Å²) in [7, 11) is -3.81. The van der Waals surface area contributed by atoms with E-state index in [9.17, 15) is 13.2 Å². The van der Waals surface area contributed by atoms with Gasteiger partial charge in [0.1, 0.15) is 0 Å². The lowest BCUT2D eigenvalue weighted by Gasteiger charge is -2.22. The highest BCUT2D eigenvalue weighted by Gasteiger charge is 2.26. The van der Waals surface area contributed by atoms with Crippen molar-refractivity contribution in [2.45, 2.75) is 18.0 Å². The fourth-order valence-corrected chi connectivity index (χ4v) is 4.08. The van der Waals surface area contributed by atoms with Gasteiger partial charge in [-0.15, -0.1) is 0 Å². The molecule has 0 saturated carbocycles. The largest absolute Gasteiger partial charge is 0.351 e. The van der Waals surface area contributed by atoms with E-state index in [2.05, 4.69) is 10.3 Å². The van der Waals surface area contributed by atoms with Gasteiger partial charge < -0.3 is 5.32 Å². The van der Waals surface area contributed by atoms with Crippen molar-refractivity contribution in [3.05, 3.63) is 96.3 Å². The van der Waals surface area contributed by atoms with E-state index >= 15 is 0 Å². The zero-order chi connectivity index (χ0) is 19.8. The molecule has 0 aliphatic carbocycles. The summed E-state index contributed by atoms with van der Waals surface area (Å²) in [5, 5.41) is 2.77. The highest BCUT2D eigenvalue weighted by molar-refractivity contribution is 7.89. The molecule has 1 N–H and O–H groups in total. The van der Waals surface area contributed by atoms with E-state index in [4.69, 9.17) is 0 Å². The third-order valence-corrected chi connectivity index (χ3v) is 5.95. The Labute approximate surface area is 164 Å². The van der Waals surface area contributed by atoms with Gasteiger partial charge in [0.25, 0.3) is 0 Å². The Kier molecular flexibility index (Phi) is 6.52. The number of nitrogens with one attached hydrogen (secondary N) is 1. The van der Waals surface area contributed by atoms with Crippen LogP contribution in [0.4, 0.5) is 0 Å². The van der Waals surface area contributed by atoms with Crippen molar-refractivity contribution < 1.29 is 13.2 Å². The van der Waals surface area contributed by atoms with E-state index < -0.39 is 10.0 Å². The predicted octanol–water partition coefficient (Wildman–Crippen LogP) is 2.59. The summed E-state index contributed by atoms with van der Waals surface area (Å²) in [5.74, 6) is -0.368. The molecular formula is C21H21N3O3S. The van der Waals surface area contributed by atoms with E-state index in [0.717, 1.165) is 11.1 Å². The van der Waals surface area contributed by atoms with Crippen LogP contribution < -0.4 is 5.32 Å². The molecule has 1 amide bonds. The molecule has 0 saturated heterocycles. The number of sulfonamides is 1. The lowest BCUT2D eigenvalue weighted by Crippen LogP contribution is -2.40. The maximum absolute atomic E-state index is 13.1. The van der Waals surface area contributed by atoms with Crippen LogP contribution in [0.2, 0.25) is 0 Å². The number of carbonyl (C=O) groups is 1. The molecule has 3 aromatic rings. The second kappa shape index (κ2) is 9.25. The minimum Gasteiger partial charge on any atom is -0.351 e. The third kappa shape index (κ3) is 5.25. The molecule has 6 nitrogen and oxygen atoms in total. The van der Waals surface area contributed by atoms with Gasteiger partial charge in [0.2, 0.25) is 15.9 Å². The van der Waals surface area contributed by atoms with Crippen LogP contribution >= 0.6 is 0 Å². The molecule has 0 bridgehead atoms. The van der Waals surface area contributed by atoms with Gasteiger partial charge in [0, 0.05) is 25.5 Å². The number of rotatable bonds is 8. The quantitative estimate of drug-likeness (QED) is 0.636. The molecule has 7 heteroatoms. The average molecular weight is 395 g/mol. The third-order valence-electron chi connectivity index (χ3n) is 4.14. The topological polar surface area (TPSA) is 79.4 Å². The van der Waals surface area contributed by atoms with Gasteiger partial charge in [-0.2, -0.15) is 4.31 Å². The number of nitrogens with zero attached hydrogens (tertiary/aromatic N) is 2. The molecule has 0 spiro atoms. The van der Waals surface area contributed by atoms with Crippen molar-refractivity contribution in [2.75, 3.05) is 6.54 Å². The first kappa shape index (κ1) is 19.7. The minimum absolute atomic E-state index is 0.112. The molecule has 1 heterocycles. The number of aromatic nitrogens is 1. The second-order valence-electron chi connectivity index (χ2n) is 6.20. The summed E-state index contributed by atoms with van der Waals surface area (Å²) >= 11 is 0. The van der Waals surface area contributed by atoms with Crippen LogP contribution in [0.15, 0.2) is 90.1 Å². The van der Waals surface area contributed by atoms with Crippen molar-refractivity contribution in [3.8, 4) is 0 Å². The molecule has 1 aromatic heterocycles. The fourth-order valence-electron chi connectivity index (χ4n) is 2.67. The first-order chi connectivity index (χ1) is 13.6. The van der Waals surface area contributed by atoms with E-state index in [1.807, 2.05) is 30.3 Å². The summed E-state index contributed by atoms with van der Waals surface area (Å²) in [6.07, 6.45) is 3.28. The molecular weight excluding hydrogens is 374 g/mol. The summed E-state index contributed by atoms with van der Waals surface area (Å²) < 4.78 is 27.4. The average Bonchev–Trinajstić information content (AvgIpc) is 2.74. The first-order valence-corrected chi connectivity index (χ1v) is 10.2. The molecule has 0 atom stereocenters. The predicted molar refractivity (Wildman–Crippen MR) is 107 cm³/mol. The van der Waals surface area contributed by atoms with Crippen molar-refractivity contribution in [3.63, 3.8) is 0 Å². The molecule has 0 fully saturated rings.